The summed E-state index contributed by atoms with van der Waals surface area (Å²) in [7, 11) is 3.46. The van der Waals surface area contributed by atoms with Crippen LogP contribution in [0, 0.1) is 6.92 Å². The summed E-state index contributed by atoms with van der Waals surface area (Å²) in [4.78, 5) is 17.9. The van der Waals surface area contributed by atoms with Crippen LogP contribution < -0.4 is 10.1 Å². The Kier molecular flexibility index (Phi) is 4.99. The predicted molar refractivity (Wildman–Crippen MR) is 113 cm³/mol. The van der Waals surface area contributed by atoms with Crippen LogP contribution in [0.4, 0.5) is 0 Å². The van der Waals surface area contributed by atoms with Gasteiger partial charge in [0, 0.05) is 24.7 Å². The molecule has 0 aliphatic heterocycles. The summed E-state index contributed by atoms with van der Waals surface area (Å²) < 4.78 is 7.09. The fourth-order valence-electron chi connectivity index (χ4n) is 3.50. The van der Waals surface area contributed by atoms with Crippen molar-refractivity contribution in [1.82, 2.24) is 20.1 Å². The summed E-state index contributed by atoms with van der Waals surface area (Å²) in [5, 5.41) is 8.25. The van der Waals surface area contributed by atoms with E-state index in [9.17, 15) is 4.79 Å². The zero-order chi connectivity index (χ0) is 20.4. The lowest BCUT2D eigenvalue weighted by Gasteiger charge is -2.11. The number of nitrogens with one attached hydrogen (secondary N) is 1. The van der Waals surface area contributed by atoms with Gasteiger partial charge in [-0.1, -0.05) is 48.5 Å². The largest absolute Gasteiger partial charge is 0.496 e. The number of para-hydroxylation sites is 1. The molecule has 29 heavy (non-hydrogen) atoms. The van der Waals surface area contributed by atoms with E-state index in [4.69, 9.17) is 9.72 Å². The molecule has 0 saturated heterocycles. The van der Waals surface area contributed by atoms with Crippen molar-refractivity contribution in [2.45, 2.75) is 13.5 Å². The fourth-order valence-corrected chi connectivity index (χ4v) is 3.50. The SMILES string of the molecule is COc1ccccc1CNC(=O)c1cc(-c2ccccc2)nc2c1c(C)nn2C. The van der Waals surface area contributed by atoms with Crippen LogP contribution in [0.25, 0.3) is 22.3 Å². The van der Waals surface area contributed by atoms with Crippen molar-refractivity contribution < 1.29 is 9.53 Å². The number of nitrogens with zero attached hydrogens (tertiary/aromatic N) is 3. The summed E-state index contributed by atoms with van der Waals surface area (Å²) >= 11 is 0. The van der Waals surface area contributed by atoms with E-state index in [1.807, 2.05) is 74.6 Å². The minimum absolute atomic E-state index is 0.170. The molecule has 1 amide bonds. The molecule has 0 radical (unpaired) electrons. The number of aryl methyl sites for hydroxylation is 2. The molecule has 0 bridgehead atoms. The van der Waals surface area contributed by atoms with Crippen molar-refractivity contribution >= 4 is 16.9 Å². The highest BCUT2D eigenvalue weighted by atomic mass is 16.5. The number of pyridine rings is 1. The third-order valence-corrected chi connectivity index (χ3v) is 4.91. The maximum atomic E-state index is 13.2. The molecule has 0 atom stereocenters. The van der Waals surface area contributed by atoms with Crippen molar-refractivity contribution in [2.75, 3.05) is 7.11 Å². The van der Waals surface area contributed by atoms with Crippen molar-refractivity contribution in [2.24, 2.45) is 7.05 Å². The summed E-state index contributed by atoms with van der Waals surface area (Å²) in [6.07, 6.45) is 0. The van der Waals surface area contributed by atoms with Crippen LogP contribution in [-0.2, 0) is 13.6 Å². The Morgan fingerprint density at radius 3 is 2.59 bits per heavy atom. The second-order valence-corrected chi connectivity index (χ2v) is 6.82. The highest BCUT2D eigenvalue weighted by Gasteiger charge is 2.19. The van der Waals surface area contributed by atoms with Crippen LogP contribution in [-0.4, -0.2) is 27.8 Å². The van der Waals surface area contributed by atoms with E-state index in [1.165, 1.54) is 0 Å². The predicted octanol–water partition coefficient (Wildman–Crippen LogP) is 3.88. The first-order chi connectivity index (χ1) is 14.1. The topological polar surface area (TPSA) is 69.0 Å². The van der Waals surface area contributed by atoms with Gasteiger partial charge in [0.1, 0.15) is 5.75 Å². The minimum Gasteiger partial charge on any atom is -0.496 e. The molecular formula is C23H22N4O2. The normalized spacial score (nSPS) is 10.9. The van der Waals surface area contributed by atoms with E-state index < -0.39 is 0 Å². The lowest BCUT2D eigenvalue weighted by atomic mass is 10.0. The molecule has 1 N–H and O–H groups in total. The Bertz CT molecular complexity index is 1180. The van der Waals surface area contributed by atoms with Gasteiger partial charge in [0.25, 0.3) is 5.91 Å². The van der Waals surface area contributed by atoms with Crippen LogP contribution in [0.5, 0.6) is 5.75 Å². The maximum absolute atomic E-state index is 13.2. The third kappa shape index (κ3) is 3.57. The van der Waals surface area contributed by atoms with Gasteiger partial charge in [-0.05, 0) is 19.1 Å². The van der Waals surface area contributed by atoms with Gasteiger partial charge in [0.15, 0.2) is 5.65 Å². The number of hydrogen-bond acceptors (Lipinski definition) is 4. The number of carbonyl (C=O) groups is 1. The molecule has 2 aromatic carbocycles. The maximum Gasteiger partial charge on any atom is 0.252 e. The van der Waals surface area contributed by atoms with Crippen molar-refractivity contribution in [1.29, 1.82) is 0 Å². The number of aromatic nitrogens is 3. The summed E-state index contributed by atoms with van der Waals surface area (Å²) in [5.74, 6) is 0.576. The molecule has 2 heterocycles. The molecule has 6 nitrogen and oxygen atoms in total. The smallest absolute Gasteiger partial charge is 0.252 e. The van der Waals surface area contributed by atoms with Crippen molar-refractivity contribution in [3.05, 3.63) is 77.5 Å². The molecule has 6 heteroatoms. The summed E-state index contributed by atoms with van der Waals surface area (Å²) in [6.45, 7) is 2.26. The number of benzene rings is 2. The van der Waals surface area contributed by atoms with Crippen molar-refractivity contribution in [3.63, 3.8) is 0 Å². The minimum atomic E-state index is -0.170. The molecule has 0 unspecified atom stereocenters. The number of ether oxygens (including phenoxy) is 1. The molecule has 0 saturated carbocycles. The monoisotopic (exact) mass is 386 g/mol. The summed E-state index contributed by atoms with van der Waals surface area (Å²) in [5.41, 5.74) is 4.63. The number of hydrogen-bond donors (Lipinski definition) is 1. The number of rotatable bonds is 5. The van der Waals surface area contributed by atoms with E-state index >= 15 is 0 Å². The Hall–Kier alpha value is -3.67. The molecule has 4 rings (SSSR count). The molecule has 0 aliphatic carbocycles. The van der Waals surface area contributed by atoms with E-state index in [1.54, 1.807) is 11.8 Å². The number of methoxy groups -OCH3 is 1. The van der Waals surface area contributed by atoms with Crippen molar-refractivity contribution in [3.8, 4) is 17.0 Å². The zero-order valence-electron chi connectivity index (χ0n) is 16.6. The van der Waals surface area contributed by atoms with Gasteiger partial charge < -0.3 is 10.1 Å². The van der Waals surface area contributed by atoms with E-state index in [0.29, 0.717) is 17.8 Å². The first-order valence-electron chi connectivity index (χ1n) is 9.38. The van der Waals surface area contributed by atoms with Crippen LogP contribution in [0.3, 0.4) is 0 Å². The molecule has 146 valence electrons. The highest BCUT2D eigenvalue weighted by molar-refractivity contribution is 6.07. The quantitative estimate of drug-likeness (QED) is 0.565. The van der Waals surface area contributed by atoms with Crippen LogP contribution in [0.15, 0.2) is 60.7 Å². The lowest BCUT2D eigenvalue weighted by Crippen LogP contribution is -2.23. The van der Waals surface area contributed by atoms with E-state index in [0.717, 1.165) is 33.7 Å². The van der Waals surface area contributed by atoms with Gasteiger partial charge in [0.05, 0.1) is 29.4 Å². The Morgan fingerprint density at radius 2 is 1.83 bits per heavy atom. The Morgan fingerprint density at radius 1 is 1.10 bits per heavy atom. The molecule has 0 aliphatic rings. The third-order valence-electron chi connectivity index (χ3n) is 4.91. The second kappa shape index (κ2) is 7.75. The van der Waals surface area contributed by atoms with E-state index in [2.05, 4.69) is 10.4 Å². The van der Waals surface area contributed by atoms with Gasteiger partial charge in [-0.2, -0.15) is 5.10 Å². The average molecular weight is 386 g/mol. The van der Waals surface area contributed by atoms with Gasteiger partial charge in [-0.15, -0.1) is 0 Å². The molecular weight excluding hydrogens is 364 g/mol. The first-order valence-corrected chi connectivity index (χ1v) is 9.38. The molecule has 0 fully saturated rings. The molecule has 2 aromatic heterocycles. The van der Waals surface area contributed by atoms with Gasteiger partial charge in [-0.3, -0.25) is 9.48 Å². The van der Waals surface area contributed by atoms with E-state index in [-0.39, 0.29) is 5.91 Å². The first kappa shape index (κ1) is 18.7. The van der Waals surface area contributed by atoms with Crippen LogP contribution >= 0.6 is 0 Å². The molecule has 4 aromatic rings. The standard InChI is InChI=1S/C23H22N4O2/c1-15-21-18(23(28)24-14-17-11-7-8-12-20(17)29-3)13-19(16-9-5-4-6-10-16)25-22(21)27(2)26-15/h4-13H,14H2,1-3H3,(H,24,28). The number of amides is 1. The van der Waals surface area contributed by atoms with Crippen LogP contribution in [0.2, 0.25) is 0 Å². The second-order valence-electron chi connectivity index (χ2n) is 6.82. The number of fused-ring (bicyclic) bond motifs is 1. The van der Waals surface area contributed by atoms with Gasteiger partial charge in [-0.25, -0.2) is 4.98 Å². The van der Waals surface area contributed by atoms with Crippen LogP contribution in [0.1, 0.15) is 21.6 Å². The lowest BCUT2D eigenvalue weighted by molar-refractivity contribution is 0.0952. The highest BCUT2D eigenvalue weighted by Crippen LogP contribution is 2.27. The fraction of sp³-hybridized carbons (Fsp3) is 0.174. The van der Waals surface area contributed by atoms with Gasteiger partial charge >= 0.3 is 0 Å². The Labute approximate surface area is 169 Å². The average Bonchev–Trinajstić information content (AvgIpc) is 3.05. The number of carbonyl (C=O) groups excluding carboxylic acids is 1. The Balaban J connectivity index is 1.74. The zero-order valence-corrected chi connectivity index (χ0v) is 16.6. The molecule has 0 spiro atoms. The van der Waals surface area contributed by atoms with Gasteiger partial charge in [0.2, 0.25) is 0 Å². The summed E-state index contributed by atoms with van der Waals surface area (Å²) in [6, 6.07) is 19.3.